The van der Waals surface area contributed by atoms with Gasteiger partial charge in [-0.2, -0.15) is 0 Å². The van der Waals surface area contributed by atoms with E-state index in [0.717, 1.165) is 22.0 Å². The summed E-state index contributed by atoms with van der Waals surface area (Å²) in [6.07, 6.45) is -1.15. The first-order valence-electron chi connectivity index (χ1n) is 5.87. The van der Waals surface area contributed by atoms with Gasteiger partial charge in [0.15, 0.2) is 11.6 Å². The minimum atomic E-state index is -1.15. The molecule has 2 aromatic carbocycles. The van der Waals surface area contributed by atoms with Crippen LogP contribution in [0.3, 0.4) is 0 Å². The van der Waals surface area contributed by atoms with E-state index in [2.05, 4.69) is 15.9 Å². The van der Waals surface area contributed by atoms with Crippen LogP contribution in [0.4, 0.5) is 8.78 Å². The van der Waals surface area contributed by atoms with Gasteiger partial charge in [0.1, 0.15) is 17.4 Å². The molecule has 1 aromatic heterocycles. The van der Waals surface area contributed by atoms with E-state index in [0.29, 0.717) is 5.58 Å². The van der Waals surface area contributed by atoms with Crippen LogP contribution in [0.25, 0.3) is 11.0 Å². The molecule has 3 rings (SSSR count). The lowest BCUT2D eigenvalue weighted by Gasteiger charge is -2.08. The molecule has 1 atom stereocenters. The van der Waals surface area contributed by atoms with E-state index < -0.39 is 17.7 Å². The topological polar surface area (TPSA) is 33.4 Å². The van der Waals surface area contributed by atoms with Crippen LogP contribution >= 0.6 is 15.9 Å². The third-order valence-electron chi connectivity index (χ3n) is 3.04. The summed E-state index contributed by atoms with van der Waals surface area (Å²) in [5, 5.41) is 11.0. The Morgan fingerprint density at radius 2 is 1.85 bits per heavy atom. The molecule has 5 heteroatoms. The van der Waals surface area contributed by atoms with E-state index in [1.165, 1.54) is 6.07 Å². The third kappa shape index (κ3) is 2.23. The highest BCUT2D eigenvalue weighted by Crippen LogP contribution is 2.32. The fourth-order valence-electron chi connectivity index (χ4n) is 2.03. The molecule has 2 nitrogen and oxygen atoms in total. The maximum absolute atomic E-state index is 13.2. The largest absolute Gasteiger partial charge is 0.457 e. The number of benzene rings is 2. The Bertz CT molecular complexity index is 783. The predicted octanol–water partition coefficient (Wildman–Crippen LogP) is 4.56. The summed E-state index contributed by atoms with van der Waals surface area (Å²) < 4.78 is 32.4. The lowest BCUT2D eigenvalue weighted by atomic mass is 10.1. The van der Waals surface area contributed by atoms with Crippen molar-refractivity contribution in [2.24, 2.45) is 0 Å². The van der Waals surface area contributed by atoms with Crippen molar-refractivity contribution in [1.29, 1.82) is 0 Å². The Hall–Kier alpha value is -1.72. The molecule has 0 amide bonds. The molecule has 1 heterocycles. The van der Waals surface area contributed by atoms with Gasteiger partial charge >= 0.3 is 0 Å². The first-order valence-corrected chi connectivity index (χ1v) is 6.66. The van der Waals surface area contributed by atoms with Crippen LogP contribution in [-0.4, -0.2) is 5.11 Å². The van der Waals surface area contributed by atoms with E-state index in [9.17, 15) is 13.9 Å². The summed E-state index contributed by atoms with van der Waals surface area (Å²) in [5.41, 5.74) is 0.836. The zero-order valence-corrected chi connectivity index (χ0v) is 11.7. The minimum absolute atomic E-state index is 0.235. The SMILES string of the molecule is OC(c1ccc(F)c(F)c1)c1cc2cccc(Br)c2o1. The van der Waals surface area contributed by atoms with Crippen molar-refractivity contribution in [2.75, 3.05) is 0 Å². The zero-order valence-electron chi connectivity index (χ0n) is 10.1. The van der Waals surface area contributed by atoms with Gasteiger partial charge in [0.2, 0.25) is 0 Å². The summed E-state index contributed by atoms with van der Waals surface area (Å²) >= 11 is 3.35. The van der Waals surface area contributed by atoms with Gasteiger partial charge in [-0.1, -0.05) is 18.2 Å². The number of fused-ring (bicyclic) bond motifs is 1. The zero-order chi connectivity index (χ0) is 14.3. The second-order valence-corrected chi connectivity index (χ2v) is 5.24. The minimum Gasteiger partial charge on any atom is -0.457 e. The third-order valence-corrected chi connectivity index (χ3v) is 3.67. The Morgan fingerprint density at radius 3 is 2.55 bits per heavy atom. The van der Waals surface area contributed by atoms with Crippen LogP contribution in [-0.2, 0) is 0 Å². The number of hydrogen-bond donors (Lipinski definition) is 1. The average molecular weight is 339 g/mol. The molecule has 3 aromatic rings. The first kappa shape index (κ1) is 13.3. The molecule has 0 bridgehead atoms. The van der Waals surface area contributed by atoms with Crippen molar-refractivity contribution < 1.29 is 18.3 Å². The Labute approximate surface area is 121 Å². The number of rotatable bonds is 2. The number of furan rings is 1. The van der Waals surface area contributed by atoms with Gasteiger partial charge in [-0.15, -0.1) is 0 Å². The van der Waals surface area contributed by atoms with E-state index in [4.69, 9.17) is 4.42 Å². The lowest BCUT2D eigenvalue weighted by Crippen LogP contribution is -1.99. The van der Waals surface area contributed by atoms with E-state index in [-0.39, 0.29) is 11.3 Å². The summed E-state index contributed by atoms with van der Waals surface area (Å²) in [6, 6.07) is 10.4. The van der Waals surface area contributed by atoms with Crippen molar-refractivity contribution >= 4 is 26.9 Å². The fourth-order valence-corrected chi connectivity index (χ4v) is 2.49. The standard InChI is InChI=1S/C15H9BrF2O2/c16-10-3-1-2-9-7-13(20-15(9)10)14(19)8-4-5-11(17)12(18)6-8/h1-7,14,19H. The maximum atomic E-state index is 13.2. The van der Waals surface area contributed by atoms with E-state index >= 15 is 0 Å². The highest BCUT2D eigenvalue weighted by molar-refractivity contribution is 9.10. The Balaban J connectivity index is 2.05. The van der Waals surface area contributed by atoms with Gasteiger partial charge in [-0.05, 0) is 45.8 Å². The maximum Gasteiger partial charge on any atom is 0.159 e. The van der Waals surface area contributed by atoms with Crippen LogP contribution in [0.15, 0.2) is 51.4 Å². The molecule has 0 radical (unpaired) electrons. The molecule has 0 aliphatic carbocycles. The van der Waals surface area contributed by atoms with Crippen molar-refractivity contribution in [1.82, 2.24) is 0 Å². The van der Waals surface area contributed by atoms with Gasteiger partial charge in [0, 0.05) is 5.39 Å². The lowest BCUT2D eigenvalue weighted by molar-refractivity contribution is 0.191. The molecular formula is C15H9BrF2O2. The number of aliphatic hydroxyl groups is 1. The van der Waals surface area contributed by atoms with Crippen molar-refractivity contribution in [3.05, 3.63) is 69.9 Å². The van der Waals surface area contributed by atoms with Crippen LogP contribution < -0.4 is 0 Å². The summed E-state index contributed by atoms with van der Waals surface area (Å²) in [4.78, 5) is 0. The van der Waals surface area contributed by atoms with Crippen molar-refractivity contribution in [2.45, 2.75) is 6.10 Å². The highest BCUT2D eigenvalue weighted by atomic mass is 79.9. The quantitative estimate of drug-likeness (QED) is 0.743. The fraction of sp³-hybridized carbons (Fsp3) is 0.0667. The average Bonchev–Trinajstić information content (AvgIpc) is 2.86. The smallest absolute Gasteiger partial charge is 0.159 e. The number of para-hydroxylation sites is 1. The first-order chi connectivity index (χ1) is 9.56. The monoisotopic (exact) mass is 338 g/mol. The molecular weight excluding hydrogens is 330 g/mol. The molecule has 0 saturated carbocycles. The van der Waals surface area contributed by atoms with Crippen molar-refractivity contribution in [3.63, 3.8) is 0 Å². The van der Waals surface area contributed by atoms with Crippen LogP contribution in [0.2, 0.25) is 0 Å². The molecule has 1 N–H and O–H groups in total. The molecule has 20 heavy (non-hydrogen) atoms. The summed E-state index contributed by atoms with van der Waals surface area (Å²) in [5.74, 6) is -1.68. The highest BCUT2D eigenvalue weighted by Gasteiger charge is 2.18. The van der Waals surface area contributed by atoms with Gasteiger partial charge in [0.05, 0.1) is 4.47 Å². The molecule has 0 aliphatic heterocycles. The van der Waals surface area contributed by atoms with Gasteiger partial charge in [-0.25, -0.2) is 8.78 Å². The molecule has 0 aliphatic rings. The van der Waals surface area contributed by atoms with Crippen LogP contribution in [0.1, 0.15) is 17.4 Å². The Morgan fingerprint density at radius 1 is 1.05 bits per heavy atom. The summed E-state index contributed by atoms with van der Waals surface area (Å²) in [6.45, 7) is 0. The molecule has 0 saturated heterocycles. The predicted molar refractivity (Wildman–Crippen MR) is 74.3 cm³/mol. The van der Waals surface area contributed by atoms with Gasteiger partial charge < -0.3 is 9.52 Å². The Kier molecular flexibility index (Phi) is 3.31. The molecule has 1 unspecified atom stereocenters. The number of hydrogen-bond acceptors (Lipinski definition) is 2. The summed E-state index contributed by atoms with van der Waals surface area (Å²) in [7, 11) is 0. The van der Waals surface area contributed by atoms with Crippen LogP contribution in [0.5, 0.6) is 0 Å². The molecule has 0 fully saturated rings. The number of halogens is 3. The second kappa shape index (κ2) is 5.00. The van der Waals surface area contributed by atoms with E-state index in [1.807, 2.05) is 18.2 Å². The normalized spacial score (nSPS) is 12.8. The molecule has 102 valence electrons. The van der Waals surface area contributed by atoms with Gasteiger partial charge in [-0.3, -0.25) is 0 Å². The van der Waals surface area contributed by atoms with E-state index in [1.54, 1.807) is 6.07 Å². The van der Waals surface area contributed by atoms with Gasteiger partial charge in [0.25, 0.3) is 0 Å². The van der Waals surface area contributed by atoms with Crippen molar-refractivity contribution in [3.8, 4) is 0 Å². The number of aliphatic hydroxyl groups excluding tert-OH is 1. The second-order valence-electron chi connectivity index (χ2n) is 4.38. The molecule has 0 spiro atoms. The van der Waals surface area contributed by atoms with Crippen LogP contribution in [0, 0.1) is 11.6 Å².